The Bertz CT molecular complexity index is 1390. The number of aromatic nitrogens is 3. The van der Waals surface area contributed by atoms with E-state index in [1.54, 1.807) is 49.4 Å². The lowest BCUT2D eigenvalue weighted by Crippen LogP contribution is -2.43. The van der Waals surface area contributed by atoms with Crippen molar-refractivity contribution < 1.29 is 27.4 Å². The molecular weight excluding hydrogens is 569 g/mol. The van der Waals surface area contributed by atoms with Crippen LogP contribution in [-0.2, 0) is 4.74 Å². The van der Waals surface area contributed by atoms with Gasteiger partial charge in [-0.15, -0.1) is 11.3 Å². The summed E-state index contributed by atoms with van der Waals surface area (Å²) in [5, 5.41) is 5.89. The Morgan fingerprint density at radius 3 is 2.38 bits per heavy atom. The van der Waals surface area contributed by atoms with Gasteiger partial charge in [-0.1, -0.05) is 0 Å². The molecule has 4 heterocycles. The number of amides is 1. The zero-order valence-electron chi connectivity index (χ0n) is 24.1. The van der Waals surface area contributed by atoms with Gasteiger partial charge in [-0.05, 0) is 58.1 Å². The maximum absolute atomic E-state index is 14.8. The van der Waals surface area contributed by atoms with Crippen molar-refractivity contribution in [3.8, 4) is 5.75 Å². The summed E-state index contributed by atoms with van der Waals surface area (Å²) >= 11 is 1.67. The van der Waals surface area contributed by atoms with Crippen molar-refractivity contribution in [3.05, 3.63) is 58.6 Å². The summed E-state index contributed by atoms with van der Waals surface area (Å²) < 4.78 is 53.8. The van der Waals surface area contributed by atoms with Crippen LogP contribution in [0.5, 0.6) is 5.75 Å². The van der Waals surface area contributed by atoms with Crippen LogP contribution in [-0.4, -0.2) is 65.5 Å². The van der Waals surface area contributed by atoms with Gasteiger partial charge in [-0.25, -0.2) is 32.9 Å². The number of aryl methyl sites for hydroxylation is 1. The smallest absolute Gasteiger partial charge is 0.407 e. The molecule has 226 valence electrons. The van der Waals surface area contributed by atoms with Crippen LogP contribution in [0, 0.1) is 30.3 Å². The van der Waals surface area contributed by atoms with Crippen LogP contribution in [0.4, 0.5) is 29.0 Å². The second-order valence-corrected chi connectivity index (χ2v) is 12.6. The molecule has 1 amide bonds. The van der Waals surface area contributed by atoms with Crippen molar-refractivity contribution in [2.24, 2.45) is 5.92 Å². The fraction of sp³-hybridized carbons (Fsp3) is 0.517. The zero-order chi connectivity index (χ0) is 30.0. The standard InChI is InChI=1S/C29H35F3N6O3S/c1-17-16-42-27(35-17)37-7-5-18(6-8-37)15-40-19-11-33-26(34-12-19)38-13-21(20-9-23(31)24(32)10-22(20)30)25(14-38)36-28(39)41-29(2,3)4/h9-12,16,18,21,25H,5-8,13-15H2,1-4H3,(H,36,39)/t21-,25+/m1/s1. The van der Waals surface area contributed by atoms with Crippen LogP contribution in [0.2, 0.25) is 0 Å². The SMILES string of the molecule is Cc1csc(N2CCC(COc3cnc(N4C[C@H](NC(=O)OC(C)(C)C)[C@@H](c5cc(F)c(F)cc5F)C4)nc3)CC2)n1. The number of hydrogen-bond acceptors (Lipinski definition) is 9. The average molecular weight is 605 g/mol. The lowest BCUT2D eigenvalue weighted by Gasteiger charge is -2.31. The maximum atomic E-state index is 14.8. The fourth-order valence-electron chi connectivity index (χ4n) is 5.25. The van der Waals surface area contributed by atoms with Crippen molar-refractivity contribution in [2.75, 3.05) is 42.6 Å². The molecule has 2 aliphatic rings. The Hall–Kier alpha value is -3.61. The molecule has 0 saturated carbocycles. The van der Waals surface area contributed by atoms with E-state index in [9.17, 15) is 18.0 Å². The van der Waals surface area contributed by atoms with Crippen LogP contribution in [0.1, 0.15) is 50.8 Å². The number of nitrogens with zero attached hydrogens (tertiary/aromatic N) is 5. The fourth-order valence-corrected chi connectivity index (χ4v) is 6.11. The van der Waals surface area contributed by atoms with Gasteiger partial charge in [0.25, 0.3) is 0 Å². The van der Waals surface area contributed by atoms with E-state index < -0.39 is 41.1 Å². The first kappa shape index (κ1) is 29.9. The number of carbonyl (C=O) groups is 1. The highest BCUT2D eigenvalue weighted by Gasteiger charge is 2.39. The minimum absolute atomic E-state index is 0.0477. The van der Waals surface area contributed by atoms with E-state index in [1.165, 1.54) is 0 Å². The maximum Gasteiger partial charge on any atom is 0.407 e. The van der Waals surface area contributed by atoms with Gasteiger partial charge in [-0.3, -0.25) is 0 Å². The molecule has 5 rings (SSSR count). The number of alkyl carbamates (subject to hydrolysis) is 1. The van der Waals surface area contributed by atoms with Crippen molar-refractivity contribution in [1.82, 2.24) is 20.3 Å². The predicted octanol–water partition coefficient (Wildman–Crippen LogP) is 5.45. The predicted molar refractivity (Wildman–Crippen MR) is 154 cm³/mol. The highest BCUT2D eigenvalue weighted by molar-refractivity contribution is 7.13. The molecule has 3 aromatic rings. The van der Waals surface area contributed by atoms with Crippen molar-refractivity contribution >= 4 is 28.5 Å². The first-order chi connectivity index (χ1) is 19.9. The molecule has 1 aromatic carbocycles. The second-order valence-electron chi connectivity index (χ2n) is 11.8. The lowest BCUT2D eigenvalue weighted by atomic mass is 9.93. The summed E-state index contributed by atoms with van der Waals surface area (Å²) in [5.74, 6) is -2.75. The van der Waals surface area contributed by atoms with Gasteiger partial charge in [-0.2, -0.15) is 0 Å². The highest BCUT2D eigenvalue weighted by atomic mass is 32.1. The van der Waals surface area contributed by atoms with Gasteiger partial charge >= 0.3 is 6.09 Å². The first-order valence-electron chi connectivity index (χ1n) is 14.0. The Morgan fingerprint density at radius 1 is 1.05 bits per heavy atom. The average Bonchev–Trinajstić information content (AvgIpc) is 3.55. The number of carbonyl (C=O) groups excluding carboxylic acids is 1. The van der Waals surface area contributed by atoms with Crippen LogP contribution in [0.3, 0.4) is 0 Å². The van der Waals surface area contributed by atoms with E-state index in [1.807, 2.05) is 6.92 Å². The Balaban J connectivity index is 1.21. The van der Waals surface area contributed by atoms with Gasteiger partial charge in [0.2, 0.25) is 5.95 Å². The molecule has 2 saturated heterocycles. The Morgan fingerprint density at radius 2 is 1.74 bits per heavy atom. The van der Waals surface area contributed by atoms with Gasteiger partial charge < -0.3 is 24.6 Å². The van der Waals surface area contributed by atoms with Crippen LogP contribution in [0.25, 0.3) is 0 Å². The summed E-state index contributed by atoms with van der Waals surface area (Å²) in [6, 6.07) is 0.686. The molecule has 0 spiro atoms. The molecule has 0 radical (unpaired) electrons. The number of thiazole rings is 1. The molecule has 2 aromatic heterocycles. The topological polar surface area (TPSA) is 92.7 Å². The molecule has 1 N–H and O–H groups in total. The molecule has 2 atom stereocenters. The molecular formula is C29H35F3N6O3S. The number of ether oxygens (including phenoxy) is 2. The van der Waals surface area contributed by atoms with Crippen molar-refractivity contribution in [3.63, 3.8) is 0 Å². The van der Waals surface area contributed by atoms with Crippen LogP contribution in [0.15, 0.2) is 29.9 Å². The molecule has 9 nitrogen and oxygen atoms in total. The minimum Gasteiger partial charge on any atom is -0.490 e. The normalized spacial score (nSPS) is 19.7. The number of anilines is 2. The van der Waals surface area contributed by atoms with E-state index in [-0.39, 0.29) is 18.7 Å². The summed E-state index contributed by atoms with van der Waals surface area (Å²) in [6.45, 7) is 9.97. The summed E-state index contributed by atoms with van der Waals surface area (Å²) in [4.78, 5) is 30.1. The number of hydrogen-bond donors (Lipinski definition) is 1. The first-order valence-corrected chi connectivity index (χ1v) is 14.8. The van der Waals surface area contributed by atoms with Gasteiger partial charge in [0.05, 0.1) is 30.7 Å². The van der Waals surface area contributed by atoms with Crippen molar-refractivity contribution in [1.29, 1.82) is 0 Å². The van der Waals surface area contributed by atoms with Gasteiger partial charge in [0.1, 0.15) is 11.4 Å². The molecule has 42 heavy (non-hydrogen) atoms. The van der Waals surface area contributed by atoms with Crippen LogP contribution >= 0.6 is 11.3 Å². The summed E-state index contributed by atoms with van der Waals surface area (Å²) in [6.07, 6.45) is 4.47. The zero-order valence-corrected chi connectivity index (χ0v) is 24.9. The van der Waals surface area contributed by atoms with Crippen LogP contribution < -0.4 is 19.9 Å². The summed E-state index contributed by atoms with van der Waals surface area (Å²) in [5.41, 5.74) is 0.245. The van der Waals surface area contributed by atoms with E-state index in [4.69, 9.17) is 9.47 Å². The second kappa shape index (κ2) is 12.3. The quantitative estimate of drug-likeness (QED) is 0.356. The van der Waals surface area contributed by atoms with Gasteiger partial charge in [0.15, 0.2) is 22.5 Å². The molecule has 0 bridgehead atoms. The number of benzene rings is 1. The number of rotatable bonds is 7. The number of halogens is 3. The molecule has 13 heteroatoms. The monoisotopic (exact) mass is 604 g/mol. The number of nitrogens with one attached hydrogen (secondary N) is 1. The third-order valence-corrected chi connectivity index (χ3v) is 8.36. The van der Waals surface area contributed by atoms with E-state index in [0.29, 0.717) is 30.3 Å². The van der Waals surface area contributed by atoms with Crippen molar-refractivity contribution in [2.45, 2.75) is 58.1 Å². The Kier molecular flexibility index (Phi) is 8.76. The van der Waals surface area contributed by atoms with E-state index >= 15 is 0 Å². The highest BCUT2D eigenvalue weighted by Crippen LogP contribution is 2.33. The van der Waals surface area contributed by atoms with E-state index in [2.05, 4.69) is 30.5 Å². The molecule has 2 aliphatic heterocycles. The van der Waals surface area contributed by atoms with E-state index in [0.717, 1.165) is 42.8 Å². The minimum atomic E-state index is -1.28. The molecule has 0 aliphatic carbocycles. The summed E-state index contributed by atoms with van der Waals surface area (Å²) in [7, 11) is 0. The third-order valence-electron chi connectivity index (χ3n) is 7.34. The third kappa shape index (κ3) is 7.23. The Labute approximate surface area is 247 Å². The molecule has 0 unspecified atom stereocenters. The number of piperidine rings is 1. The van der Waals surface area contributed by atoms with Gasteiger partial charge in [0, 0.05) is 43.5 Å². The lowest BCUT2D eigenvalue weighted by molar-refractivity contribution is 0.0504. The largest absolute Gasteiger partial charge is 0.490 e. The molecule has 2 fully saturated rings.